The van der Waals surface area contributed by atoms with Crippen LogP contribution in [-0.4, -0.2) is 55.1 Å². The minimum Gasteiger partial charge on any atom is -0.466 e. The van der Waals surface area contributed by atoms with Crippen LogP contribution in [0.3, 0.4) is 0 Å². The van der Waals surface area contributed by atoms with Gasteiger partial charge < -0.3 is 20.3 Å². The molecular formula is C19H28ClN5O5. The van der Waals surface area contributed by atoms with E-state index < -0.39 is 12.1 Å². The number of esters is 1. The van der Waals surface area contributed by atoms with Crippen LogP contribution < -0.4 is 21.1 Å². The van der Waals surface area contributed by atoms with Crippen LogP contribution in [0.25, 0.3) is 0 Å². The largest absolute Gasteiger partial charge is 0.466 e. The average Bonchev–Trinajstić information content (AvgIpc) is 3.07. The molecule has 4 N–H and O–H groups in total. The van der Waals surface area contributed by atoms with Crippen LogP contribution in [0.1, 0.15) is 38.2 Å². The van der Waals surface area contributed by atoms with Gasteiger partial charge in [-0.25, -0.2) is 4.79 Å². The number of nitrogens with one attached hydrogen (secondary N) is 3. The molecule has 1 aromatic rings. The number of carbonyl (C=O) groups is 3. The maximum absolute atomic E-state index is 12.6. The summed E-state index contributed by atoms with van der Waals surface area (Å²) in [4.78, 5) is 37.7. The topological polar surface area (TPSA) is 132 Å². The number of carbonyl (C=O) groups excluding carboxylic acids is 3. The van der Waals surface area contributed by atoms with Crippen molar-refractivity contribution in [3.63, 3.8) is 0 Å². The van der Waals surface area contributed by atoms with E-state index in [1.54, 1.807) is 34.8 Å². The van der Waals surface area contributed by atoms with Crippen LogP contribution in [0.2, 0.25) is 0 Å². The fourth-order valence-corrected chi connectivity index (χ4v) is 2.80. The van der Waals surface area contributed by atoms with Crippen molar-refractivity contribution in [3.05, 3.63) is 29.8 Å². The van der Waals surface area contributed by atoms with Gasteiger partial charge in [0, 0.05) is 18.8 Å². The second-order valence-corrected chi connectivity index (χ2v) is 6.51. The van der Waals surface area contributed by atoms with Crippen molar-refractivity contribution in [2.75, 3.05) is 24.6 Å². The summed E-state index contributed by atoms with van der Waals surface area (Å²) >= 11 is 0. The van der Waals surface area contributed by atoms with Gasteiger partial charge in [0.15, 0.2) is 0 Å². The maximum Gasteiger partial charge on any atom is 0.315 e. The zero-order valence-corrected chi connectivity index (χ0v) is 17.6. The molecule has 3 amide bonds. The lowest BCUT2D eigenvalue weighted by Crippen LogP contribution is -2.46. The van der Waals surface area contributed by atoms with E-state index in [4.69, 9.17) is 9.94 Å². The number of amides is 3. The first-order valence-corrected chi connectivity index (χ1v) is 9.58. The van der Waals surface area contributed by atoms with Crippen LogP contribution >= 0.6 is 12.4 Å². The Balaban J connectivity index is 0.00000450. The molecule has 0 bridgehead atoms. The fourth-order valence-electron chi connectivity index (χ4n) is 2.80. The van der Waals surface area contributed by atoms with Gasteiger partial charge in [-0.05, 0) is 30.5 Å². The molecule has 0 aromatic heterocycles. The third-order valence-corrected chi connectivity index (χ3v) is 4.36. The molecule has 0 radical (unpaired) electrons. The van der Waals surface area contributed by atoms with Gasteiger partial charge in [-0.15, -0.1) is 12.4 Å². The summed E-state index contributed by atoms with van der Waals surface area (Å²) < 4.78 is 5.01. The standard InChI is InChI=1S/C19H27N5O5.ClH/c1-2-3-12-29-17(25)8-10-20-19(27)22-16-9-11-24(18(16)26)15-6-4-14(5-7-15)13-21-23-28;/h4-7,13,16,23,28H,2-3,8-12H2,1H3,(H2,20,22,27);1H/t16-;/m0./s1. The van der Waals surface area contributed by atoms with Crippen molar-refractivity contribution in [2.24, 2.45) is 5.10 Å². The number of rotatable bonds is 10. The molecule has 0 spiro atoms. The number of hydrogen-bond donors (Lipinski definition) is 4. The van der Waals surface area contributed by atoms with Crippen LogP contribution in [0.4, 0.5) is 10.5 Å². The zero-order valence-electron chi connectivity index (χ0n) is 16.8. The van der Waals surface area contributed by atoms with Gasteiger partial charge in [0.1, 0.15) is 6.04 Å². The van der Waals surface area contributed by atoms with E-state index in [1.807, 2.05) is 6.92 Å². The summed E-state index contributed by atoms with van der Waals surface area (Å²) in [5.74, 6) is -0.553. The van der Waals surface area contributed by atoms with Crippen molar-refractivity contribution < 1.29 is 24.3 Å². The molecule has 30 heavy (non-hydrogen) atoms. The lowest BCUT2D eigenvalue weighted by atomic mass is 10.2. The molecule has 1 aromatic carbocycles. The minimum atomic E-state index is -0.619. The molecule has 1 aliphatic rings. The SMILES string of the molecule is CCCCOC(=O)CCNC(=O)N[C@H]1CCN(c2ccc(C=NNO)cc2)C1=O.Cl. The summed E-state index contributed by atoms with van der Waals surface area (Å²) in [7, 11) is 0. The van der Waals surface area contributed by atoms with Gasteiger partial charge in [0.05, 0.1) is 19.2 Å². The first kappa shape index (κ1) is 25.2. The minimum absolute atomic E-state index is 0. The van der Waals surface area contributed by atoms with E-state index in [0.29, 0.717) is 25.3 Å². The first-order chi connectivity index (χ1) is 14.0. The molecule has 1 atom stereocenters. The zero-order chi connectivity index (χ0) is 21.1. The van der Waals surface area contributed by atoms with E-state index in [9.17, 15) is 14.4 Å². The average molecular weight is 442 g/mol. The number of hydrogen-bond acceptors (Lipinski definition) is 7. The second kappa shape index (κ2) is 13.4. The van der Waals surface area contributed by atoms with Crippen LogP contribution in [-0.2, 0) is 14.3 Å². The smallest absolute Gasteiger partial charge is 0.315 e. The Morgan fingerprint density at radius 1 is 1.33 bits per heavy atom. The number of anilines is 1. The molecule has 1 fully saturated rings. The molecule has 0 aliphatic carbocycles. The third kappa shape index (κ3) is 7.88. The monoisotopic (exact) mass is 441 g/mol. The Morgan fingerprint density at radius 3 is 2.73 bits per heavy atom. The second-order valence-electron chi connectivity index (χ2n) is 6.51. The van der Waals surface area contributed by atoms with Crippen molar-refractivity contribution in [2.45, 2.75) is 38.6 Å². The van der Waals surface area contributed by atoms with Gasteiger partial charge in [-0.3, -0.25) is 14.8 Å². The molecular weight excluding hydrogens is 414 g/mol. The highest BCUT2D eigenvalue weighted by molar-refractivity contribution is 6.01. The Kier molecular flexibility index (Phi) is 11.2. The highest BCUT2D eigenvalue weighted by Crippen LogP contribution is 2.21. The number of ether oxygens (including phenoxy) is 1. The van der Waals surface area contributed by atoms with E-state index in [2.05, 4.69) is 15.7 Å². The van der Waals surface area contributed by atoms with Crippen LogP contribution in [0.5, 0.6) is 0 Å². The predicted molar refractivity (Wildman–Crippen MR) is 114 cm³/mol. The Morgan fingerprint density at radius 2 is 2.07 bits per heavy atom. The summed E-state index contributed by atoms with van der Waals surface area (Å²) in [6.07, 6.45) is 3.77. The first-order valence-electron chi connectivity index (χ1n) is 9.58. The normalized spacial score (nSPS) is 15.6. The third-order valence-electron chi connectivity index (χ3n) is 4.36. The summed E-state index contributed by atoms with van der Waals surface area (Å²) in [6.45, 7) is 3.03. The van der Waals surface area contributed by atoms with Gasteiger partial charge in [0.2, 0.25) is 5.91 Å². The summed E-state index contributed by atoms with van der Waals surface area (Å²) in [6, 6.07) is 5.94. The van der Waals surface area contributed by atoms with E-state index in [1.165, 1.54) is 6.21 Å². The molecule has 0 unspecified atom stereocenters. The summed E-state index contributed by atoms with van der Waals surface area (Å²) in [5.41, 5.74) is 3.15. The van der Waals surface area contributed by atoms with Crippen molar-refractivity contribution >= 4 is 42.2 Å². The summed E-state index contributed by atoms with van der Waals surface area (Å²) in [5, 5.41) is 17.2. The van der Waals surface area contributed by atoms with E-state index >= 15 is 0 Å². The number of unbranched alkanes of at least 4 members (excludes halogenated alkanes) is 1. The number of hydrazone groups is 1. The van der Waals surface area contributed by atoms with Crippen LogP contribution in [0, 0.1) is 0 Å². The fraction of sp³-hybridized carbons (Fsp3) is 0.474. The molecule has 11 heteroatoms. The number of nitrogens with zero attached hydrogens (tertiary/aromatic N) is 2. The number of urea groups is 1. The molecule has 1 heterocycles. The molecule has 10 nitrogen and oxygen atoms in total. The highest BCUT2D eigenvalue weighted by Gasteiger charge is 2.33. The van der Waals surface area contributed by atoms with Crippen LogP contribution in [0.15, 0.2) is 29.4 Å². The molecule has 2 rings (SSSR count). The van der Waals surface area contributed by atoms with Crippen molar-refractivity contribution in [1.82, 2.24) is 16.2 Å². The quantitative estimate of drug-likeness (QED) is 0.188. The van der Waals surface area contributed by atoms with E-state index in [0.717, 1.165) is 18.4 Å². The van der Waals surface area contributed by atoms with Gasteiger partial charge in [-0.2, -0.15) is 10.7 Å². The predicted octanol–water partition coefficient (Wildman–Crippen LogP) is 1.56. The number of benzene rings is 1. The molecule has 1 saturated heterocycles. The Hall–Kier alpha value is -2.85. The van der Waals surface area contributed by atoms with Crippen molar-refractivity contribution in [3.8, 4) is 0 Å². The van der Waals surface area contributed by atoms with Crippen molar-refractivity contribution in [1.29, 1.82) is 0 Å². The van der Waals surface area contributed by atoms with Gasteiger partial charge >= 0.3 is 12.0 Å². The highest BCUT2D eigenvalue weighted by atomic mass is 35.5. The lowest BCUT2D eigenvalue weighted by molar-refractivity contribution is -0.143. The van der Waals surface area contributed by atoms with E-state index in [-0.39, 0.29) is 37.2 Å². The molecule has 1 aliphatic heterocycles. The molecule has 166 valence electrons. The maximum atomic E-state index is 12.6. The van der Waals surface area contributed by atoms with Gasteiger partial charge in [-0.1, -0.05) is 25.5 Å². The number of halogens is 1. The Labute approximate surface area is 181 Å². The lowest BCUT2D eigenvalue weighted by Gasteiger charge is -2.17. The Bertz CT molecular complexity index is 729. The molecule has 0 saturated carbocycles. The van der Waals surface area contributed by atoms with Gasteiger partial charge in [0.25, 0.3) is 0 Å².